The molecule has 0 bridgehead atoms. The van der Waals surface area contributed by atoms with Crippen LogP contribution in [0.3, 0.4) is 0 Å². The largest absolute Gasteiger partial charge is 0.478 e. The molecular weight excluding hydrogens is 394 g/mol. The molecule has 0 aromatic heterocycles. The minimum Gasteiger partial charge on any atom is -0.478 e. The lowest BCUT2D eigenvalue weighted by Crippen LogP contribution is -2.32. The molecule has 0 fully saturated rings. The third-order valence-electron chi connectivity index (χ3n) is 4.57. The summed E-state index contributed by atoms with van der Waals surface area (Å²) in [5.41, 5.74) is 0.0801. The molecule has 1 aromatic rings. The van der Waals surface area contributed by atoms with Crippen LogP contribution >= 0.6 is 0 Å². The van der Waals surface area contributed by atoms with Gasteiger partial charge in [0.25, 0.3) is 0 Å². The highest BCUT2D eigenvalue weighted by Gasteiger charge is 2.23. The van der Waals surface area contributed by atoms with E-state index in [2.05, 4.69) is 0 Å². The fraction of sp³-hybridized carbons (Fsp3) is 0.667. The number of carboxylic acids is 1. The number of benzene rings is 1. The molecule has 0 aliphatic heterocycles. The van der Waals surface area contributed by atoms with Crippen molar-refractivity contribution in [1.29, 1.82) is 0 Å². The Bertz CT molecular complexity index is 665. The highest BCUT2D eigenvalue weighted by atomic mass is 32.2. The van der Waals surface area contributed by atoms with Gasteiger partial charge in [0, 0.05) is 25.6 Å². The fourth-order valence-corrected chi connectivity index (χ4v) is 4.45. The number of carboxylic acid groups (broad SMARTS) is 1. The number of hydrogen-bond acceptors (Lipinski definition) is 5. The van der Waals surface area contributed by atoms with E-state index in [1.807, 2.05) is 27.7 Å². The lowest BCUT2D eigenvalue weighted by molar-refractivity contribution is 0.0583. The molecule has 0 spiro atoms. The maximum absolute atomic E-state index is 12.4. The van der Waals surface area contributed by atoms with Crippen molar-refractivity contribution in [3.63, 3.8) is 0 Å². The summed E-state index contributed by atoms with van der Waals surface area (Å²) in [4.78, 5) is 10.9. The minimum absolute atomic E-state index is 0.0801. The third kappa shape index (κ3) is 9.25. The maximum Gasteiger partial charge on any atom is 0.335 e. The average molecular weight is 432 g/mol. The van der Waals surface area contributed by atoms with Crippen LogP contribution in [-0.2, 0) is 10.0 Å². The van der Waals surface area contributed by atoms with Crippen LogP contribution in [0, 0.1) is 5.92 Å². The monoisotopic (exact) mass is 431 g/mol. The molecule has 0 radical (unpaired) electrons. The highest BCUT2D eigenvalue weighted by Crippen LogP contribution is 2.17. The van der Waals surface area contributed by atoms with Gasteiger partial charge in [0.15, 0.2) is 0 Å². The second-order valence-electron chi connectivity index (χ2n) is 6.94. The Labute approximate surface area is 175 Å². The summed E-state index contributed by atoms with van der Waals surface area (Å²) in [7, 11) is -3.53. The van der Waals surface area contributed by atoms with Gasteiger partial charge in [-0.3, -0.25) is 0 Å². The molecule has 8 heteroatoms. The molecule has 0 amide bonds. The SMILES string of the molecule is CCCC(O)C(CC)CO.CCCN(CCC)S(=O)(=O)c1ccc(C(=O)O)cc1. The quantitative estimate of drug-likeness (QED) is 0.467. The van der Waals surface area contributed by atoms with Crippen molar-refractivity contribution in [3.8, 4) is 0 Å². The van der Waals surface area contributed by atoms with E-state index in [1.54, 1.807) is 0 Å². The lowest BCUT2D eigenvalue weighted by atomic mass is 9.97. The first-order chi connectivity index (χ1) is 13.7. The van der Waals surface area contributed by atoms with Crippen LogP contribution in [0.15, 0.2) is 29.2 Å². The Morgan fingerprint density at radius 1 is 1.00 bits per heavy atom. The smallest absolute Gasteiger partial charge is 0.335 e. The summed E-state index contributed by atoms with van der Waals surface area (Å²) >= 11 is 0. The van der Waals surface area contributed by atoms with Crippen molar-refractivity contribution in [2.24, 2.45) is 5.92 Å². The fourth-order valence-electron chi connectivity index (χ4n) is 2.82. The predicted molar refractivity (Wildman–Crippen MR) is 115 cm³/mol. The van der Waals surface area contributed by atoms with Crippen molar-refractivity contribution < 1.29 is 28.5 Å². The summed E-state index contributed by atoms with van der Waals surface area (Å²) < 4.78 is 26.2. The van der Waals surface area contributed by atoms with Crippen molar-refractivity contribution in [2.75, 3.05) is 19.7 Å². The normalized spacial score (nSPS) is 13.5. The first-order valence-corrected chi connectivity index (χ1v) is 11.8. The molecule has 2 atom stereocenters. The Morgan fingerprint density at radius 3 is 1.86 bits per heavy atom. The first kappa shape index (κ1) is 27.5. The van der Waals surface area contributed by atoms with Crippen molar-refractivity contribution in [2.45, 2.75) is 70.8 Å². The topological polar surface area (TPSA) is 115 Å². The van der Waals surface area contributed by atoms with Crippen molar-refractivity contribution in [3.05, 3.63) is 29.8 Å². The highest BCUT2D eigenvalue weighted by molar-refractivity contribution is 7.89. The zero-order valence-corrected chi connectivity index (χ0v) is 18.9. The second kappa shape index (κ2) is 14.5. The molecule has 168 valence electrons. The molecule has 1 rings (SSSR count). The van der Waals surface area contributed by atoms with E-state index < -0.39 is 16.0 Å². The number of rotatable bonds is 12. The summed E-state index contributed by atoms with van der Waals surface area (Å²) in [5, 5.41) is 26.9. The van der Waals surface area contributed by atoms with Gasteiger partial charge in [-0.25, -0.2) is 13.2 Å². The number of nitrogens with zero attached hydrogens (tertiary/aromatic N) is 1. The van der Waals surface area contributed by atoms with Gasteiger partial charge in [-0.2, -0.15) is 4.31 Å². The molecule has 0 saturated carbocycles. The van der Waals surface area contributed by atoms with E-state index in [9.17, 15) is 18.3 Å². The molecule has 0 saturated heterocycles. The standard InChI is InChI=1S/C13H19NO4S.C8H18O2/c1-3-9-14(10-4-2)19(17,18)12-7-5-11(6-8-12)13(15)16;1-3-5-8(10)7(4-2)6-9/h5-8H,3-4,9-10H2,1-2H3,(H,15,16);7-10H,3-6H2,1-2H3. The minimum atomic E-state index is -3.53. The molecular formula is C21H37NO6S. The number of hydrogen-bond donors (Lipinski definition) is 3. The summed E-state index contributed by atoms with van der Waals surface area (Å²) in [5.74, 6) is -0.983. The predicted octanol–water partition coefficient (Wildman–Crippen LogP) is 3.36. The second-order valence-corrected chi connectivity index (χ2v) is 8.88. The first-order valence-electron chi connectivity index (χ1n) is 10.3. The zero-order chi connectivity index (χ0) is 22.4. The lowest BCUT2D eigenvalue weighted by Gasteiger charge is -2.20. The Kier molecular flexibility index (Phi) is 13.8. The Hall–Kier alpha value is -1.48. The average Bonchev–Trinajstić information content (AvgIpc) is 2.69. The molecule has 1 aromatic carbocycles. The van der Waals surface area contributed by atoms with E-state index in [0.29, 0.717) is 13.1 Å². The molecule has 0 aliphatic rings. The molecule has 0 aliphatic carbocycles. The molecule has 2 unspecified atom stereocenters. The summed E-state index contributed by atoms with van der Waals surface area (Å²) in [6.45, 7) is 8.91. The van der Waals surface area contributed by atoms with Gasteiger partial charge in [0.1, 0.15) is 0 Å². The van der Waals surface area contributed by atoms with Crippen LogP contribution in [0.2, 0.25) is 0 Å². The Morgan fingerprint density at radius 2 is 1.52 bits per heavy atom. The van der Waals surface area contributed by atoms with Crippen molar-refractivity contribution >= 4 is 16.0 Å². The molecule has 7 nitrogen and oxygen atoms in total. The Balaban J connectivity index is 0.000000665. The van der Waals surface area contributed by atoms with Crippen LogP contribution in [0.1, 0.15) is 70.2 Å². The van der Waals surface area contributed by atoms with E-state index in [-0.39, 0.29) is 29.1 Å². The van der Waals surface area contributed by atoms with Gasteiger partial charge < -0.3 is 15.3 Å². The van der Waals surface area contributed by atoms with Crippen LogP contribution in [0.5, 0.6) is 0 Å². The molecule has 29 heavy (non-hydrogen) atoms. The number of sulfonamides is 1. The maximum atomic E-state index is 12.4. The van der Waals surface area contributed by atoms with Crippen molar-refractivity contribution in [1.82, 2.24) is 4.31 Å². The number of aliphatic hydroxyl groups is 2. The van der Waals surface area contributed by atoms with Crippen LogP contribution in [0.4, 0.5) is 0 Å². The van der Waals surface area contributed by atoms with E-state index in [0.717, 1.165) is 32.1 Å². The van der Waals surface area contributed by atoms with Gasteiger partial charge in [-0.05, 0) is 49.9 Å². The van der Waals surface area contributed by atoms with Gasteiger partial charge in [0.05, 0.1) is 16.6 Å². The molecule has 3 N–H and O–H groups in total. The van der Waals surface area contributed by atoms with Gasteiger partial charge in [0.2, 0.25) is 10.0 Å². The van der Waals surface area contributed by atoms with Gasteiger partial charge in [-0.15, -0.1) is 0 Å². The summed E-state index contributed by atoms with van der Waals surface area (Å²) in [6, 6.07) is 5.31. The van der Waals surface area contributed by atoms with E-state index >= 15 is 0 Å². The van der Waals surface area contributed by atoms with Gasteiger partial charge >= 0.3 is 5.97 Å². The van der Waals surface area contributed by atoms with Crippen LogP contribution in [-0.4, -0.2) is 59.8 Å². The molecule has 0 heterocycles. The van der Waals surface area contributed by atoms with E-state index in [4.69, 9.17) is 10.2 Å². The van der Waals surface area contributed by atoms with Crippen LogP contribution < -0.4 is 0 Å². The number of aliphatic hydroxyl groups excluding tert-OH is 2. The number of carbonyl (C=O) groups is 1. The summed E-state index contributed by atoms with van der Waals surface area (Å²) in [6.07, 6.45) is 3.83. The van der Waals surface area contributed by atoms with E-state index in [1.165, 1.54) is 28.6 Å². The zero-order valence-electron chi connectivity index (χ0n) is 18.0. The van der Waals surface area contributed by atoms with Crippen LogP contribution in [0.25, 0.3) is 0 Å². The van der Waals surface area contributed by atoms with Gasteiger partial charge in [-0.1, -0.05) is 34.1 Å². The number of aromatic carboxylic acids is 1. The third-order valence-corrected chi connectivity index (χ3v) is 6.49.